The zero-order valence-electron chi connectivity index (χ0n) is 22.0. The summed E-state index contributed by atoms with van der Waals surface area (Å²) in [5.41, 5.74) is 4.02. The van der Waals surface area contributed by atoms with Gasteiger partial charge in [0, 0.05) is 34.6 Å². The SMILES string of the molecule is CCCNS(=O)(=O)c1ccc2[nH]c(O)c(C(=Nc3ccc(CN4CCCCC4)c(Cl)c3)c3ccccc3)c2c1. The number of aliphatic imine (C=N–C) groups is 1. The van der Waals surface area contributed by atoms with Gasteiger partial charge >= 0.3 is 0 Å². The number of nitrogens with zero attached hydrogens (tertiary/aromatic N) is 2. The van der Waals surface area contributed by atoms with Crippen LogP contribution in [0.25, 0.3) is 10.9 Å². The number of halogens is 1. The largest absolute Gasteiger partial charge is 0.494 e. The molecule has 1 aromatic heterocycles. The number of hydrogen-bond acceptors (Lipinski definition) is 5. The third kappa shape index (κ3) is 6.20. The average molecular weight is 565 g/mol. The number of nitrogens with one attached hydrogen (secondary N) is 2. The fourth-order valence-electron chi connectivity index (χ4n) is 4.97. The highest BCUT2D eigenvalue weighted by atomic mass is 35.5. The first-order valence-corrected chi connectivity index (χ1v) is 15.2. The van der Waals surface area contributed by atoms with Gasteiger partial charge in [0.25, 0.3) is 0 Å². The number of likely N-dealkylation sites (tertiary alicyclic amines) is 1. The third-order valence-electron chi connectivity index (χ3n) is 7.01. The van der Waals surface area contributed by atoms with Gasteiger partial charge < -0.3 is 10.1 Å². The monoisotopic (exact) mass is 564 g/mol. The minimum atomic E-state index is -3.70. The first-order chi connectivity index (χ1) is 18.9. The van der Waals surface area contributed by atoms with Gasteiger partial charge in [-0.25, -0.2) is 18.1 Å². The van der Waals surface area contributed by atoms with Crippen LogP contribution in [0.4, 0.5) is 5.69 Å². The molecule has 0 radical (unpaired) electrons. The molecule has 0 unspecified atom stereocenters. The molecule has 2 heterocycles. The Morgan fingerprint density at radius 2 is 1.82 bits per heavy atom. The molecular weight excluding hydrogens is 532 g/mol. The molecule has 5 rings (SSSR count). The van der Waals surface area contributed by atoms with Crippen LogP contribution < -0.4 is 4.72 Å². The lowest BCUT2D eigenvalue weighted by molar-refractivity contribution is 0.221. The Hall–Kier alpha value is -3.17. The minimum absolute atomic E-state index is 0.0866. The molecule has 0 saturated carbocycles. The van der Waals surface area contributed by atoms with Crippen LogP contribution in [0.3, 0.4) is 0 Å². The van der Waals surface area contributed by atoms with Gasteiger partial charge in [0.1, 0.15) is 0 Å². The van der Waals surface area contributed by atoms with Crippen LogP contribution in [-0.4, -0.2) is 48.8 Å². The van der Waals surface area contributed by atoms with E-state index in [1.165, 1.54) is 25.3 Å². The Labute approximate surface area is 234 Å². The molecule has 0 spiro atoms. The van der Waals surface area contributed by atoms with E-state index in [4.69, 9.17) is 16.6 Å². The summed E-state index contributed by atoms with van der Waals surface area (Å²) in [4.78, 5) is 10.5. The second kappa shape index (κ2) is 11.9. The molecule has 7 nitrogen and oxygen atoms in total. The van der Waals surface area contributed by atoms with Gasteiger partial charge in [0.15, 0.2) is 5.88 Å². The number of aromatic hydroxyl groups is 1. The maximum absolute atomic E-state index is 12.9. The number of hydrogen-bond donors (Lipinski definition) is 3. The minimum Gasteiger partial charge on any atom is -0.494 e. The first-order valence-electron chi connectivity index (χ1n) is 13.4. The number of aromatic amines is 1. The normalized spacial score (nSPS) is 15.2. The summed E-state index contributed by atoms with van der Waals surface area (Å²) in [6.07, 6.45) is 4.39. The van der Waals surface area contributed by atoms with E-state index >= 15 is 0 Å². The number of rotatable bonds is 9. The van der Waals surface area contributed by atoms with Crippen molar-refractivity contribution in [1.82, 2.24) is 14.6 Å². The van der Waals surface area contributed by atoms with Crippen molar-refractivity contribution in [2.24, 2.45) is 4.99 Å². The molecule has 1 saturated heterocycles. The van der Waals surface area contributed by atoms with Crippen molar-refractivity contribution in [3.05, 3.63) is 88.4 Å². The second-order valence-corrected chi connectivity index (χ2v) is 12.1. The second-order valence-electron chi connectivity index (χ2n) is 9.89. The Morgan fingerprint density at radius 1 is 1.05 bits per heavy atom. The number of aromatic nitrogens is 1. The smallest absolute Gasteiger partial charge is 0.240 e. The maximum Gasteiger partial charge on any atom is 0.240 e. The van der Waals surface area contributed by atoms with E-state index in [9.17, 15) is 13.5 Å². The van der Waals surface area contributed by atoms with Gasteiger partial charge in [0.2, 0.25) is 10.0 Å². The predicted molar refractivity (Wildman–Crippen MR) is 158 cm³/mol. The third-order valence-corrected chi connectivity index (χ3v) is 8.82. The average Bonchev–Trinajstić information content (AvgIpc) is 3.28. The molecule has 204 valence electrons. The van der Waals surface area contributed by atoms with E-state index in [-0.39, 0.29) is 10.8 Å². The van der Waals surface area contributed by atoms with Gasteiger partial charge in [-0.3, -0.25) is 4.90 Å². The Morgan fingerprint density at radius 3 is 2.54 bits per heavy atom. The van der Waals surface area contributed by atoms with E-state index in [0.29, 0.717) is 45.9 Å². The van der Waals surface area contributed by atoms with Crippen molar-refractivity contribution in [1.29, 1.82) is 0 Å². The van der Waals surface area contributed by atoms with E-state index in [1.807, 2.05) is 55.5 Å². The molecule has 1 aliphatic heterocycles. The summed E-state index contributed by atoms with van der Waals surface area (Å²) in [7, 11) is -3.70. The number of H-pyrrole nitrogens is 1. The topological polar surface area (TPSA) is 97.8 Å². The molecule has 0 amide bonds. The van der Waals surface area contributed by atoms with Crippen LogP contribution in [0, 0.1) is 0 Å². The zero-order chi connectivity index (χ0) is 27.4. The van der Waals surface area contributed by atoms with Gasteiger partial charge in [-0.15, -0.1) is 0 Å². The van der Waals surface area contributed by atoms with Crippen LogP contribution in [-0.2, 0) is 16.6 Å². The molecule has 3 N–H and O–H groups in total. The van der Waals surface area contributed by atoms with E-state index in [2.05, 4.69) is 14.6 Å². The van der Waals surface area contributed by atoms with Crippen LogP contribution in [0.5, 0.6) is 5.88 Å². The summed E-state index contributed by atoms with van der Waals surface area (Å²) in [5.74, 6) is -0.0866. The zero-order valence-corrected chi connectivity index (χ0v) is 23.5. The summed E-state index contributed by atoms with van der Waals surface area (Å²) < 4.78 is 28.3. The molecule has 39 heavy (non-hydrogen) atoms. The Bertz CT molecular complexity index is 1590. The molecule has 1 aliphatic rings. The molecular formula is C30H33ClN4O3S. The quantitative estimate of drug-likeness (QED) is 0.206. The molecule has 0 atom stereocenters. The van der Waals surface area contributed by atoms with E-state index < -0.39 is 10.0 Å². The highest BCUT2D eigenvalue weighted by molar-refractivity contribution is 7.89. The fraction of sp³-hybridized carbons (Fsp3) is 0.300. The van der Waals surface area contributed by atoms with E-state index in [1.54, 1.807) is 12.1 Å². The summed E-state index contributed by atoms with van der Waals surface area (Å²) in [6, 6.07) is 20.1. The van der Waals surface area contributed by atoms with Crippen LogP contribution in [0.2, 0.25) is 5.02 Å². The van der Waals surface area contributed by atoms with Crippen LogP contribution >= 0.6 is 11.6 Å². The van der Waals surface area contributed by atoms with Gasteiger partial charge in [-0.1, -0.05) is 61.3 Å². The maximum atomic E-state index is 12.9. The first kappa shape index (κ1) is 27.4. The number of fused-ring (bicyclic) bond motifs is 1. The van der Waals surface area contributed by atoms with Crippen molar-refractivity contribution in [3.63, 3.8) is 0 Å². The number of piperidine rings is 1. The molecule has 3 aromatic carbocycles. The highest BCUT2D eigenvalue weighted by Crippen LogP contribution is 2.34. The van der Waals surface area contributed by atoms with Gasteiger partial charge in [-0.05, 0) is 68.2 Å². The lowest BCUT2D eigenvalue weighted by atomic mass is 10.0. The molecule has 1 fully saturated rings. The van der Waals surface area contributed by atoms with Gasteiger partial charge in [-0.2, -0.15) is 0 Å². The Balaban J connectivity index is 1.59. The lowest BCUT2D eigenvalue weighted by Crippen LogP contribution is -2.29. The number of benzene rings is 3. The van der Waals surface area contributed by atoms with E-state index in [0.717, 1.165) is 30.8 Å². The van der Waals surface area contributed by atoms with Crippen molar-refractivity contribution in [2.45, 2.75) is 44.0 Å². The highest BCUT2D eigenvalue weighted by Gasteiger charge is 2.22. The Kier molecular flexibility index (Phi) is 8.37. The standard InChI is InChI=1S/C30H33ClN4O3S/c1-2-15-32-39(37,38)24-13-14-27-25(19-24)28(30(36)34-27)29(21-9-5-3-6-10-21)33-23-12-11-22(26(31)18-23)20-35-16-7-4-8-17-35/h3,5-6,9-14,18-19,32,34,36H,2,4,7-8,15-17,20H2,1H3. The molecule has 0 aliphatic carbocycles. The summed E-state index contributed by atoms with van der Waals surface area (Å²) >= 11 is 6.72. The van der Waals surface area contributed by atoms with Crippen molar-refractivity contribution in [3.8, 4) is 5.88 Å². The van der Waals surface area contributed by atoms with Crippen LogP contribution in [0.15, 0.2) is 76.6 Å². The van der Waals surface area contributed by atoms with Crippen LogP contribution in [0.1, 0.15) is 49.3 Å². The molecule has 9 heteroatoms. The predicted octanol–water partition coefficient (Wildman–Crippen LogP) is 6.37. The summed E-state index contributed by atoms with van der Waals surface area (Å²) in [6.45, 7) is 5.22. The fourth-order valence-corrected chi connectivity index (χ4v) is 6.36. The van der Waals surface area contributed by atoms with Crippen molar-refractivity contribution < 1.29 is 13.5 Å². The van der Waals surface area contributed by atoms with Crippen molar-refractivity contribution >= 4 is 43.9 Å². The van der Waals surface area contributed by atoms with Gasteiger partial charge in [0.05, 0.1) is 21.9 Å². The molecule has 4 aromatic rings. The number of sulfonamides is 1. The van der Waals surface area contributed by atoms with Crippen molar-refractivity contribution in [2.75, 3.05) is 19.6 Å². The lowest BCUT2D eigenvalue weighted by Gasteiger charge is -2.26. The summed E-state index contributed by atoms with van der Waals surface area (Å²) in [5, 5.41) is 12.2. The molecule has 0 bridgehead atoms.